The summed E-state index contributed by atoms with van der Waals surface area (Å²) in [6.45, 7) is 3.23. The molecule has 0 aliphatic rings. The van der Waals surface area contributed by atoms with E-state index in [4.69, 9.17) is 16.3 Å². The van der Waals surface area contributed by atoms with Gasteiger partial charge in [-0.15, -0.1) is 11.6 Å². The molecule has 0 bridgehead atoms. The van der Waals surface area contributed by atoms with Gasteiger partial charge in [-0.25, -0.2) is 0 Å². The molecule has 0 saturated heterocycles. The fourth-order valence-electron chi connectivity index (χ4n) is 1.70. The van der Waals surface area contributed by atoms with Crippen molar-refractivity contribution >= 4 is 17.5 Å². The average molecular weight is 264 g/mol. The number of carbonyl (C=O) groups excluding carboxylic acids is 1. The molecule has 1 unspecified atom stereocenters. The summed E-state index contributed by atoms with van der Waals surface area (Å²) in [5.74, 6) is 0.184. The van der Waals surface area contributed by atoms with Gasteiger partial charge in [0.2, 0.25) is 5.91 Å². The van der Waals surface area contributed by atoms with Crippen LogP contribution < -0.4 is 0 Å². The zero-order chi connectivity index (χ0) is 13.1. The number of unbranched alkanes of at least 4 members (excludes halogenated alkanes) is 4. The number of rotatable bonds is 10. The summed E-state index contributed by atoms with van der Waals surface area (Å²) in [6, 6.07) is 0. The fourth-order valence-corrected chi connectivity index (χ4v) is 2.04. The predicted octanol–water partition coefficient (Wildman–Crippen LogP) is 3.06. The highest BCUT2D eigenvalue weighted by Gasteiger charge is 2.13. The largest absolute Gasteiger partial charge is 0.383 e. The van der Waals surface area contributed by atoms with Gasteiger partial charge >= 0.3 is 0 Å². The second-order valence-corrected chi connectivity index (χ2v) is 5.11. The Labute approximate surface area is 110 Å². The fraction of sp³-hybridized carbons (Fsp3) is 0.923. The Hall–Kier alpha value is -0.280. The van der Waals surface area contributed by atoms with Crippen molar-refractivity contribution in [1.29, 1.82) is 0 Å². The van der Waals surface area contributed by atoms with Crippen LogP contribution >= 0.6 is 11.6 Å². The maximum absolute atomic E-state index is 11.7. The number of alkyl halides is 1. The second-order valence-electron chi connectivity index (χ2n) is 4.49. The molecule has 0 fully saturated rings. The molecule has 1 amide bonds. The first-order valence-electron chi connectivity index (χ1n) is 6.48. The van der Waals surface area contributed by atoms with E-state index < -0.39 is 0 Å². The smallest absolute Gasteiger partial charge is 0.222 e. The quantitative estimate of drug-likeness (QED) is 0.448. The van der Waals surface area contributed by atoms with E-state index in [-0.39, 0.29) is 11.3 Å². The molecule has 4 heteroatoms. The van der Waals surface area contributed by atoms with E-state index in [9.17, 15) is 4.79 Å². The third kappa shape index (κ3) is 9.42. The number of amides is 1. The highest BCUT2D eigenvalue weighted by molar-refractivity contribution is 6.21. The van der Waals surface area contributed by atoms with Gasteiger partial charge in [0.25, 0.3) is 0 Å². The molecule has 0 radical (unpaired) electrons. The Bertz CT molecular complexity index is 200. The van der Waals surface area contributed by atoms with Gasteiger partial charge in [-0.1, -0.05) is 32.6 Å². The number of hydrogen-bond acceptors (Lipinski definition) is 2. The van der Waals surface area contributed by atoms with E-state index in [2.05, 4.69) is 6.92 Å². The molecular weight excluding hydrogens is 238 g/mol. The van der Waals surface area contributed by atoms with Crippen molar-refractivity contribution < 1.29 is 9.53 Å². The molecule has 0 aromatic heterocycles. The van der Waals surface area contributed by atoms with Gasteiger partial charge in [0, 0.05) is 27.1 Å². The molecule has 0 rings (SSSR count). The van der Waals surface area contributed by atoms with E-state index in [1.54, 1.807) is 19.1 Å². The van der Waals surface area contributed by atoms with Gasteiger partial charge in [-0.2, -0.15) is 0 Å². The lowest BCUT2D eigenvalue weighted by atomic mass is 10.1. The zero-order valence-electron chi connectivity index (χ0n) is 11.4. The molecule has 3 nitrogen and oxygen atoms in total. The molecule has 17 heavy (non-hydrogen) atoms. The first-order valence-corrected chi connectivity index (χ1v) is 6.92. The van der Waals surface area contributed by atoms with Crippen molar-refractivity contribution in [2.24, 2.45) is 0 Å². The predicted molar refractivity (Wildman–Crippen MR) is 72.5 cm³/mol. The number of hydrogen-bond donors (Lipinski definition) is 0. The Balaban J connectivity index is 3.60. The van der Waals surface area contributed by atoms with Crippen molar-refractivity contribution in [2.45, 2.75) is 50.8 Å². The first kappa shape index (κ1) is 16.7. The summed E-state index contributed by atoms with van der Waals surface area (Å²) >= 11 is 6.00. The molecule has 0 aromatic rings. The summed E-state index contributed by atoms with van der Waals surface area (Å²) in [7, 11) is 3.42. The molecule has 0 spiro atoms. The minimum atomic E-state index is -0.117. The first-order chi connectivity index (χ1) is 8.11. The van der Waals surface area contributed by atoms with Crippen LogP contribution in [0.3, 0.4) is 0 Å². The Morgan fingerprint density at radius 2 is 1.94 bits per heavy atom. The molecule has 0 saturated carbocycles. The number of carbonyl (C=O) groups is 1. The monoisotopic (exact) mass is 263 g/mol. The minimum Gasteiger partial charge on any atom is -0.383 e. The molecular formula is C13H26ClNO2. The molecule has 0 aromatic carbocycles. The molecule has 0 aliphatic heterocycles. The third-order valence-corrected chi connectivity index (χ3v) is 3.00. The van der Waals surface area contributed by atoms with Crippen molar-refractivity contribution in [1.82, 2.24) is 4.90 Å². The number of nitrogens with zero attached hydrogens (tertiary/aromatic N) is 1. The second kappa shape index (κ2) is 10.8. The Kier molecular flexibility index (Phi) is 10.7. The van der Waals surface area contributed by atoms with Crippen molar-refractivity contribution in [2.75, 3.05) is 27.3 Å². The van der Waals surface area contributed by atoms with Crippen LogP contribution in [-0.4, -0.2) is 43.5 Å². The van der Waals surface area contributed by atoms with E-state index >= 15 is 0 Å². The summed E-state index contributed by atoms with van der Waals surface area (Å²) in [5.41, 5.74) is 0. The Morgan fingerprint density at radius 1 is 1.29 bits per heavy atom. The lowest BCUT2D eigenvalue weighted by molar-refractivity contribution is -0.130. The van der Waals surface area contributed by atoms with E-state index in [1.165, 1.54) is 19.3 Å². The van der Waals surface area contributed by atoms with E-state index in [0.29, 0.717) is 19.6 Å². The number of halogens is 1. The Morgan fingerprint density at radius 3 is 2.53 bits per heavy atom. The molecule has 102 valence electrons. The average Bonchev–Trinajstić information content (AvgIpc) is 2.28. The molecule has 0 N–H and O–H groups in total. The van der Waals surface area contributed by atoms with E-state index in [0.717, 1.165) is 12.8 Å². The van der Waals surface area contributed by atoms with Gasteiger partial charge < -0.3 is 9.64 Å². The molecule has 0 aliphatic carbocycles. The van der Waals surface area contributed by atoms with Crippen LogP contribution in [-0.2, 0) is 9.53 Å². The van der Waals surface area contributed by atoms with Gasteiger partial charge in [-0.05, 0) is 6.42 Å². The topological polar surface area (TPSA) is 29.5 Å². The lowest BCUT2D eigenvalue weighted by Crippen LogP contribution is -2.33. The van der Waals surface area contributed by atoms with Gasteiger partial charge in [-0.3, -0.25) is 4.79 Å². The highest BCUT2D eigenvalue weighted by Crippen LogP contribution is 2.07. The van der Waals surface area contributed by atoms with Gasteiger partial charge in [0.1, 0.15) is 0 Å². The summed E-state index contributed by atoms with van der Waals surface area (Å²) in [5, 5.41) is -0.117. The van der Waals surface area contributed by atoms with Crippen LogP contribution in [0.1, 0.15) is 45.4 Å². The van der Waals surface area contributed by atoms with Gasteiger partial charge in [0.05, 0.1) is 12.0 Å². The number of methoxy groups -OCH3 is 1. The lowest BCUT2D eigenvalue weighted by Gasteiger charge is -2.20. The van der Waals surface area contributed by atoms with E-state index in [1.807, 2.05) is 0 Å². The zero-order valence-corrected chi connectivity index (χ0v) is 12.1. The van der Waals surface area contributed by atoms with Crippen molar-refractivity contribution in [3.05, 3.63) is 0 Å². The minimum absolute atomic E-state index is 0.117. The third-order valence-electron chi connectivity index (χ3n) is 2.74. The van der Waals surface area contributed by atoms with Crippen LogP contribution in [0.2, 0.25) is 0 Å². The highest BCUT2D eigenvalue weighted by atomic mass is 35.5. The summed E-state index contributed by atoms with van der Waals surface area (Å²) in [6.07, 6.45) is 6.50. The van der Waals surface area contributed by atoms with Crippen LogP contribution in [0.5, 0.6) is 0 Å². The molecule has 0 heterocycles. The van der Waals surface area contributed by atoms with Crippen LogP contribution in [0, 0.1) is 0 Å². The summed E-state index contributed by atoms with van der Waals surface area (Å²) in [4.78, 5) is 13.4. The number of ether oxygens (including phenoxy) is 1. The normalized spacial score (nSPS) is 12.5. The maximum Gasteiger partial charge on any atom is 0.222 e. The SMILES string of the molecule is CCCCCCCC(=O)N(C)CC(Cl)COC. The maximum atomic E-state index is 11.7. The van der Waals surface area contributed by atoms with Crippen LogP contribution in [0.4, 0.5) is 0 Å². The van der Waals surface area contributed by atoms with Crippen LogP contribution in [0.15, 0.2) is 0 Å². The van der Waals surface area contributed by atoms with Crippen LogP contribution in [0.25, 0.3) is 0 Å². The molecule has 1 atom stereocenters. The van der Waals surface area contributed by atoms with Crippen molar-refractivity contribution in [3.8, 4) is 0 Å². The summed E-state index contributed by atoms with van der Waals surface area (Å²) < 4.78 is 4.94. The van der Waals surface area contributed by atoms with Crippen molar-refractivity contribution in [3.63, 3.8) is 0 Å². The standard InChI is InChI=1S/C13H26ClNO2/c1-4-5-6-7-8-9-13(16)15(2)10-12(14)11-17-3/h12H,4-11H2,1-3H3. The van der Waals surface area contributed by atoms with Gasteiger partial charge in [0.15, 0.2) is 0 Å².